The number of carbonyl (C=O) groups is 1. The van der Waals surface area contributed by atoms with E-state index in [0.29, 0.717) is 12.1 Å². The van der Waals surface area contributed by atoms with Gasteiger partial charge in [0.1, 0.15) is 5.54 Å². The summed E-state index contributed by atoms with van der Waals surface area (Å²) in [5.74, 6) is -0.208. The molecule has 3 N–H and O–H groups in total. The van der Waals surface area contributed by atoms with Crippen LogP contribution in [0.4, 0.5) is 0 Å². The van der Waals surface area contributed by atoms with E-state index >= 15 is 0 Å². The maximum absolute atomic E-state index is 11.9. The minimum Gasteiger partial charge on any atom is -0.368 e. The Hall–Kier alpha value is -0.610. The van der Waals surface area contributed by atoms with Gasteiger partial charge in [-0.25, -0.2) is 0 Å². The van der Waals surface area contributed by atoms with Crippen LogP contribution in [0.5, 0.6) is 0 Å². The van der Waals surface area contributed by atoms with E-state index in [0.717, 1.165) is 13.1 Å². The summed E-state index contributed by atoms with van der Waals surface area (Å²) in [6.45, 7) is 6.09. The molecule has 4 heteroatoms. The Kier molecular flexibility index (Phi) is 4.85. The van der Waals surface area contributed by atoms with Gasteiger partial charge in [-0.1, -0.05) is 19.8 Å². The maximum atomic E-state index is 11.9. The van der Waals surface area contributed by atoms with E-state index in [1.165, 1.54) is 44.9 Å². The average molecular weight is 267 g/mol. The van der Waals surface area contributed by atoms with Crippen LogP contribution in [0.2, 0.25) is 0 Å². The molecule has 2 fully saturated rings. The molecule has 0 aromatic heterocycles. The Morgan fingerprint density at radius 1 is 1.37 bits per heavy atom. The number of nitrogens with zero attached hydrogens (tertiary/aromatic N) is 1. The summed E-state index contributed by atoms with van der Waals surface area (Å²) in [6, 6.07) is 1.14. The number of carbonyl (C=O) groups excluding carboxylic acids is 1. The van der Waals surface area contributed by atoms with Gasteiger partial charge in [-0.3, -0.25) is 15.0 Å². The molecule has 0 aromatic rings. The lowest BCUT2D eigenvalue weighted by atomic mass is 9.93. The van der Waals surface area contributed by atoms with Crippen molar-refractivity contribution >= 4 is 5.91 Å². The van der Waals surface area contributed by atoms with E-state index in [9.17, 15) is 4.79 Å². The molecule has 2 aliphatic rings. The fourth-order valence-corrected chi connectivity index (χ4v) is 3.21. The van der Waals surface area contributed by atoms with Crippen molar-refractivity contribution in [1.29, 1.82) is 0 Å². The summed E-state index contributed by atoms with van der Waals surface area (Å²) in [7, 11) is 0. The molecule has 2 unspecified atom stereocenters. The zero-order chi connectivity index (χ0) is 13.9. The molecule has 0 spiro atoms. The maximum Gasteiger partial charge on any atom is 0.238 e. The van der Waals surface area contributed by atoms with E-state index < -0.39 is 5.54 Å². The molecule has 1 saturated carbocycles. The van der Waals surface area contributed by atoms with Crippen molar-refractivity contribution < 1.29 is 4.79 Å². The van der Waals surface area contributed by atoms with Gasteiger partial charge in [0.15, 0.2) is 0 Å². The van der Waals surface area contributed by atoms with Gasteiger partial charge >= 0.3 is 0 Å². The van der Waals surface area contributed by atoms with Crippen LogP contribution in [-0.4, -0.2) is 41.5 Å². The predicted molar refractivity (Wildman–Crippen MR) is 77.9 cm³/mol. The van der Waals surface area contributed by atoms with Crippen molar-refractivity contribution in [2.45, 2.75) is 76.4 Å². The smallest absolute Gasteiger partial charge is 0.238 e. The number of hydrogen-bond acceptors (Lipinski definition) is 3. The lowest BCUT2D eigenvalue weighted by Crippen LogP contribution is -2.62. The van der Waals surface area contributed by atoms with Crippen molar-refractivity contribution in [2.24, 2.45) is 5.73 Å². The van der Waals surface area contributed by atoms with Gasteiger partial charge in [0.2, 0.25) is 5.91 Å². The minimum atomic E-state index is -0.565. The summed E-state index contributed by atoms with van der Waals surface area (Å²) in [5.41, 5.74) is 5.09. The van der Waals surface area contributed by atoms with Crippen LogP contribution >= 0.6 is 0 Å². The molecule has 1 heterocycles. The molecule has 2 atom stereocenters. The molecule has 0 radical (unpaired) electrons. The lowest BCUT2D eigenvalue weighted by molar-refractivity contribution is -0.125. The first-order valence-corrected chi connectivity index (χ1v) is 7.87. The van der Waals surface area contributed by atoms with Crippen molar-refractivity contribution in [3.8, 4) is 0 Å². The lowest BCUT2D eigenvalue weighted by Gasteiger charge is -2.41. The quantitative estimate of drug-likeness (QED) is 0.737. The van der Waals surface area contributed by atoms with Crippen molar-refractivity contribution in [3.05, 3.63) is 0 Å². The van der Waals surface area contributed by atoms with Crippen molar-refractivity contribution in [1.82, 2.24) is 10.2 Å². The molecule has 0 aromatic carbocycles. The summed E-state index contributed by atoms with van der Waals surface area (Å²) < 4.78 is 0. The van der Waals surface area contributed by atoms with Crippen LogP contribution in [0.1, 0.15) is 58.8 Å². The average Bonchev–Trinajstić information content (AvgIpc) is 3.15. The first-order valence-electron chi connectivity index (χ1n) is 7.87. The summed E-state index contributed by atoms with van der Waals surface area (Å²) in [6.07, 6.45) is 8.65. The second-order valence-corrected chi connectivity index (χ2v) is 6.52. The van der Waals surface area contributed by atoms with Gasteiger partial charge in [0.25, 0.3) is 0 Å². The number of piperidine rings is 1. The molecule has 0 bridgehead atoms. The zero-order valence-corrected chi connectivity index (χ0v) is 12.5. The molecule has 1 aliphatic heterocycles. The SMILES string of the molecule is CCCC1CCCCN1CC(C)(NC1CC1)C(N)=O. The molecule has 1 aliphatic carbocycles. The molecule has 110 valence electrons. The largest absolute Gasteiger partial charge is 0.368 e. The summed E-state index contributed by atoms with van der Waals surface area (Å²) >= 11 is 0. The number of amides is 1. The summed E-state index contributed by atoms with van der Waals surface area (Å²) in [5, 5.41) is 3.46. The Labute approximate surface area is 117 Å². The number of primary amides is 1. The van der Waals surface area contributed by atoms with E-state index in [2.05, 4.69) is 17.1 Å². The standard InChI is InChI=1S/C15H29N3O/c1-3-6-13-7-4-5-10-18(13)11-15(2,14(16)19)17-12-8-9-12/h12-13,17H,3-11H2,1-2H3,(H2,16,19). The third-order valence-electron chi connectivity index (χ3n) is 4.53. The first kappa shape index (κ1) is 14.8. The van der Waals surface area contributed by atoms with Gasteiger partial charge in [-0.2, -0.15) is 0 Å². The first-order chi connectivity index (χ1) is 9.05. The second kappa shape index (κ2) is 6.23. The number of rotatable bonds is 7. The van der Waals surface area contributed by atoms with Crippen LogP contribution in [0.25, 0.3) is 0 Å². The van der Waals surface area contributed by atoms with Crippen LogP contribution in [-0.2, 0) is 4.79 Å². The van der Waals surface area contributed by atoms with E-state index in [1.807, 2.05) is 6.92 Å². The Morgan fingerprint density at radius 3 is 2.68 bits per heavy atom. The van der Waals surface area contributed by atoms with Crippen LogP contribution in [0, 0.1) is 0 Å². The van der Waals surface area contributed by atoms with E-state index in [4.69, 9.17) is 5.73 Å². The molecular weight excluding hydrogens is 238 g/mol. The fraction of sp³-hybridized carbons (Fsp3) is 0.933. The molecule has 2 rings (SSSR count). The third kappa shape index (κ3) is 3.93. The second-order valence-electron chi connectivity index (χ2n) is 6.52. The highest BCUT2D eigenvalue weighted by molar-refractivity contribution is 5.84. The predicted octanol–water partition coefficient (Wildman–Crippen LogP) is 1.64. The molecule has 1 amide bonds. The summed E-state index contributed by atoms with van der Waals surface area (Å²) in [4.78, 5) is 14.3. The number of likely N-dealkylation sites (tertiary alicyclic amines) is 1. The molecule has 1 saturated heterocycles. The van der Waals surface area contributed by atoms with Gasteiger partial charge in [-0.05, 0) is 45.6 Å². The number of hydrogen-bond donors (Lipinski definition) is 2. The van der Waals surface area contributed by atoms with Gasteiger partial charge < -0.3 is 5.73 Å². The van der Waals surface area contributed by atoms with E-state index in [1.54, 1.807) is 0 Å². The highest BCUT2D eigenvalue weighted by atomic mass is 16.1. The topological polar surface area (TPSA) is 58.4 Å². The zero-order valence-electron chi connectivity index (χ0n) is 12.5. The number of nitrogens with two attached hydrogens (primary N) is 1. The van der Waals surface area contributed by atoms with Crippen molar-refractivity contribution in [3.63, 3.8) is 0 Å². The molecule has 4 nitrogen and oxygen atoms in total. The van der Waals surface area contributed by atoms with Crippen LogP contribution in [0.15, 0.2) is 0 Å². The Balaban J connectivity index is 1.99. The minimum absolute atomic E-state index is 0.208. The highest BCUT2D eigenvalue weighted by Crippen LogP contribution is 2.26. The normalized spacial score (nSPS) is 28.0. The fourth-order valence-electron chi connectivity index (χ4n) is 3.21. The van der Waals surface area contributed by atoms with Crippen molar-refractivity contribution in [2.75, 3.05) is 13.1 Å². The van der Waals surface area contributed by atoms with Crippen LogP contribution < -0.4 is 11.1 Å². The Bertz CT molecular complexity index is 315. The monoisotopic (exact) mass is 267 g/mol. The molecular formula is C15H29N3O. The van der Waals surface area contributed by atoms with Gasteiger partial charge in [-0.15, -0.1) is 0 Å². The molecule has 19 heavy (non-hydrogen) atoms. The van der Waals surface area contributed by atoms with Gasteiger partial charge in [0, 0.05) is 18.6 Å². The third-order valence-corrected chi connectivity index (χ3v) is 4.53. The van der Waals surface area contributed by atoms with Gasteiger partial charge in [0.05, 0.1) is 0 Å². The van der Waals surface area contributed by atoms with E-state index in [-0.39, 0.29) is 5.91 Å². The highest BCUT2D eigenvalue weighted by Gasteiger charge is 2.39. The Morgan fingerprint density at radius 2 is 2.11 bits per heavy atom. The van der Waals surface area contributed by atoms with Crippen LogP contribution in [0.3, 0.4) is 0 Å². The number of nitrogens with one attached hydrogen (secondary N) is 1.